The van der Waals surface area contributed by atoms with Crippen molar-refractivity contribution in [3.63, 3.8) is 0 Å². The summed E-state index contributed by atoms with van der Waals surface area (Å²) in [4.78, 5) is 72.2. The van der Waals surface area contributed by atoms with E-state index in [1.807, 2.05) is 58.1 Å². The molecule has 15 nitrogen and oxygen atoms in total. The average Bonchev–Trinajstić information content (AvgIpc) is 3.30. The minimum Gasteiger partial charge on any atom is -0.460 e. The van der Waals surface area contributed by atoms with E-state index in [2.05, 4.69) is 0 Å². The number of ketones is 3. The number of cyclic esters (lactones) is 1. The van der Waals surface area contributed by atoms with Gasteiger partial charge in [-0.15, -0.1) is 0 Å². The molecule has 0 radical (unpaired) electrons. The second-order valence-electron chi connectivity index (χ2n) is 20.9. The van der Waals surface area contributed by atoms with E-state index < -0.39 is 85.1 Å². The SMILES string of the molecule is CO[C@@H]1C(=O)[C@@H](C)C[C@H](C)/C=C/C=C/C=C(/C)[C@H](OC)C[C@H]2CC[C@H](C)[C@@](O)(O2)C(=O)C(=O)N2CCCC[C@@H]2C(=O)O[C@H]([C@H](C)C[C@@H]2CC[C@H](OP(C)(C)=O)[C@H](OC)C2)CC(=O)[C@H](C)/C=C(\C)[C@@H]1O. The molecule has 15 atom stereocenters. The fourth-order valence-corrected chi connectivity index (χ4v) is 11.4. The van der Waals surface area contributed by atoms with Crippen LogP contribution >= 0.6 is 7.37 Å². The molecule has 4 rings (SSSR count). The molecule has 16 heteroatoms. The molecule has 0 unspecified atom stereocenters. The number of carbonyl (C=O) groups excluding carboxylic acids is 5. The first kappa shape index (κ1) is 58.4. The van der Waals surface area contributed by atoms with Gasteiger partial charge in [0, 0.05) is 71.8 Å². The van der Waals surface area contributed by atoms with Crippen LogP contribution in [0.2, 0.25) is 0 Å². The van der Waals surface area contributed by atoms with Crippen LogP contribution in [0.4, 0.5) is 0 Å². The lowest BCUT2D eigenvalue weighted by Gasteiger charge is -2.42. The van der Waals surface area contributed by atoms with E-state index in [1.165, 1.54) is 12.0 Å². The van der Waals surface area contributed by atoms with Crippen LogP contribution in [0.5, 0.6) is 0 Å². The average molecular weight is 990 g/mol. The number of allylic oxidation sites excluding steroid dienone is 6. The second-order valence-corrected chi connectivity index (χ2v) is 23.6. The lowest BCUT2D eigenvalue weighted by atomic mass is 9.78. The summed E-state index contributed by atoms with van der Waals surface area (Å²) >= 11 is 0. The van der Waals surface area contributed by atoms with E-state index in [0.29, 0.717) is 63.4 Å². The third kappa shape index (κ3) is 16.2. The number of rotatable bonds is 8. The number of hydrogen-bond donors (Lipinski definition) is 2. The smallest absolute Gasteiger partial charge is 0.329 e. The lowest BCUT2D eigenvalue weighted by Crippen LogP contribution is -2.61. The fourth-order valence-electron chi connectivity index (χ4n) is 10.5. The zero-order chi connectivity index (χ0) is 51.4. The Labute approximate surface area is 411 Å². The lowest BCUT2D eigenvalue weighted by molar-refractivity contribution is -0.265. The summed E-state index contributed by atoms with van der Waals surface area (Å²) in [6.07, 6.45) is 11.4. The maximum absolute atomic E-state index is 14.5. The summed E-state index contributed by atoms with van der Waals surface area (Å²) in [5.74, 6) is -8.11. The van der Waals surface area contributed by atoms with Crippen LogP contribution in [-0.4, -0.2) is 140 Å². The van der Waals surface area contributed by atoms with Gasteiger partial charge in [0.2, 0.25) is 5.79 Å². The van der Waals surface area contributed by atoms with Crippen LogP contribution in [0.3, 0.4) is 0 Å². The summed E-state index contributed by atoms with van der Waals surface area (Å²) in [5.41, 5.74) is 1.25. The number of aliphatic hydroxyl groups is 2. The van der Waals surface area contributed by atoms with Crippen molar-refractivity contribution in [3.05, 3.63) is 47.6 Å². The van der Waals surface area contributed by atoms with Gasteiger partial charge >= 0.3 is 5.97 Å². The Bertz CT molecular complexity index is 1940. The van der Waals surface area contributed by atoms with Gasteiger partial charge in [-0.3, -0.25) is 23.7 Å². The second kappa shape index (κ2) is 26.5. The highest BCUT2D eigenvalue weighted by atomic mass is 31.2. The summed E-state index contributed by atoms with van der Waals surface area (Å²) in [6.45, 7) is 15.9. The van der Waals surface area contributed by atoms with Crippen molar-refractivity contribution in [2.24, 2.45) is 35.5 Å². The Morgan fingerprint density at radius 2 is 1.57 bits per heavy atom. The standard InChI is InChI=1S/C53H84NO14P/c1-32-18-14-13-15-19-33(2)44(63-8)30-40-23-21-38(7)53(61,67-40)50(58)51(59)54-25-17-16-20-41(54)52(60)66-45(35(4)28-39-22-24-43(46(29-39)64-9)68-69(11,12)62)31-42(55)34(3)27-37(6)48(57)49(65-10)47(56)36(5)26-32/h13-15,18-19,27,32,34-36,38-41,43-46,48-49,57,61H,16-17,20-26,28-31H2,1-12H3/b15-13+,18-14+,33-19-,37-27+/t32-,34-,35-,36+,38+,39+,40-,41-,43+,44-,45+,46-,48+,49-,53-/m1/s1. The molecule has 3 heterocycles. The zero-order valence-electron chi connectivity index (χ0n) is 43.4. The number of hydrogen-bond acceptors (Lipinski definition) is 14. The van der Waals surface area contributed by atoms with Crippen molar-refractivity contribution < 1.29 is 67.0 Å². The molecular weight excluding hydrogens is 906 g/mol. The van der Waals surface area contributed by atoms with E-state index in [-0.39, 0.29) is 60.9 Å². The van der Waals surface area contributed by atoms with E-state index in [1.54, 1.807) is 54.4 Å². The van der Waals surface area contributed by atoms with Crippen LogP contribution in [0.15, 0.2) is 47.6 Å². The van der Waals surface area contributed by atoms with Crippen molar-refractivity contribution in [1.29, 1.82) is 0 Å². The number of methoxy groups -OCH3 is 3. The molecule has 2 saturated heterocycles. The molecule has 0 aromatic rings. The Morgan fingerprint density at radius 3 is 2.22 bits per heavy atom. The normalized spacial score (nSPS) is 39.0. The number of ether oxygens (including phenoxy) is 5. The molecule has 1 aliphatic carbocycles. The summed E-state index contributed by atoms with van der Waals surface area (Å²) in [7, 11) is 1.76. The monoisotopic (exact) mass is 990 g/mol. The number of amides is 1. The largest absolute Gasteiger partial charge is 0.460 e. The molecule has 390 valence electrons. The summed E-state index contributed by atoms with van der Waals surface area (Å²) < 4.78 is 48.2. The van der Waals surface area contributed by atoms with Gasteiger partial charge in [-0.25, -0.2) is 4.79 Å². The van der Waals surface area contributed by atoms with Gasteiger partial charge in [-0.05, 0) is 107 Å². The fraction of sp³-hybridized carbons (Fsp3) is 0.755. The van der Waals surface area contributed by atoms with Crippen LogP contribution < -0.4 is 0 Å². The van der Waals surface area contributed by atoms with E-state index >= 15 is 0 Å². The van der Waals surface area contributed by atoms with Crippen molar-refractivity contribution in [2.45, 2.75) is 180 Å². The zero-order valence-corrected chi connectivity index (χ0v) is 44.3. The molecule has 1 saturated carbocycles. The third-order valence-corrected chi connectivity index (χ3v) is 15.6. The van der Waals surface area contributed by atoms with E-state index in [9.17, 15) is 38.8 Å². The molecule has 2 N–H and O–H groups in total. The van der Waals surface area contributed by atoms with Crippen LogP contribution in [0.1, 0.15) is 126 Å². The quantitative estimate of drug-likeness (QED) is 0.104. The van der Waals surface area contributed by atoms with Gasteiger partial charge < -0.3 is 43.3 Å². The maximum Gasteiger partial charge on any atom is 0.329 e. The van der Waals surface area contributed by atoms with Crippen molar-refractivity contribution >= 4 is 36.6 Å². The third-order valence-electron chi connectivity index (χ3n) is 14.8. The highest BCUT2D eigenvalue weighted by molar-refractivity contribution is 7.57. The van der Waals surface area contributed by atoms with Gasteiger partial charge in [-0.1, -0.05) is 71.1 Å². The maximum atomic E-state index is 14.5. The molecule has 69 heavy (non-hydrogen) atoms. The Kier molecular flexibility index (Phi) is 22.5. The first-order chi connectivity index (χ1) is 32.4. The number of aliphatic hydroxyl groups excluding tert-OH is 1. The molecule has 4 aliphatic rings. The Balaban J connectivity index is 1.70. The minimum atomic E-state index is -2.79. The van der Waals surface area contributed by atoms with Gasteiger partial charge in [0.05, 0.1) is 24.4 Å². The van der Waals surface area contributed by atoms with Crippen molar-refractivity contribution in [2.75, 3.05) is 41.2 Å². The first-order valence-electron chi connectivity index (χ1n) is 25.2. The van der Waals surface area contributed by atoms with Crippen LogP contribution in [-0.2, 0) is 56.7 Å². The molecule has 0 aromatic carbocycles. The van der Waals surface area contributed by atoms with E-state index in [0.717, 1.165) is 12.0 Å². The van der Waals surface area contributed by atoms with Crippen molar-refractivity contribution in [3.8, 4) is 0 Å². The first-order valence-corrected chi connectivity index (χ1v) is 27.7. The Hall–Kier alpha value is -3.14. The summed E-state index contributed by atoms with van der Waals surface area (Å²) in [6, 6.07) is -1.16. The van der Waals surface area contributed by atoms with Gasteiger partial charge in [-0.2, -0.15) is 0 Å². The molecule has 3 fully saturated rings. The number of fused-ring (bicyclic) bond motifs is 3. The molecule has 2 bridgehead atoms. The number of nitrogens with zero attached hydrogens (tertiary/aromatic N) is 1. The van der Waals surface area contributed by atoms with Crippen molar-refractivity contribution in [1.82, 2.24) is 4.90 Å². The van der Waals surface area contributed by atoms with Gasteiger partial charge in [0.1, 0.15) is 30.1 Å². The predicted octanol–water partition coefficient (Wildman–Crippen LogP) is 7.74. The Morgan fingerprint density at radius 1 is 0.855 bits per heavy atom. The summed E-state index contributed by atoms with van der Waals surface area (Å²) in [5, 5.41) is 23.5. The van der Waals surface area contributed by atoms with Crippen LogP contribution in [0.25, 0.3) is 0 Å². The highest BCUT2D eigenvalue weighted by Crippen LogP contribution is 2.45. The van der Waals surface area contributed by atoms with Gasteiger partial charge in [0.25, 0.3) is 11.7 Å². The molecular formula is C53H84NO14P. The number of Topliss-reactive ketones (excluding diaryl/α,β-unsaturated/α-hetero) is 3. The number of carbonyl (C=O) groups is 5. The molecule has 0 spiro atoms. The topological polar surface area (TPSA) is 201 Å². The van der Waals surface area contributed by atoms with E-state index in [4.69, 9.17) is 28.2 Å². The van der Waals surface area contributed by atoms with Crippen LogP contribution in [0, 0.1) is 35.5 Å². The highest BCUT2D eigenvalue weighted by Gasteiger charge is 2.53. The van der Waals surface area contributed by atoms with Gasteiger partial charge in [0.15, 0.2) is 13.2 Å². The number of esters is 1. The predicted molar refractivity (Wildman–Crippen MR) is 263 cm³/mol. The minimum absolute atomic E-state index is 0.0117. The molecule has 3 aliphatic heterocycles. The molecule has 1 amide bonds. The number of piperidine rings is 1. The molecule has 0 aromatic heterocycles.